The number of ether oxygens (including phenoxy) is 4. The molecular weight excluding hydrogens is 770 g/mol. The van der Waals surface area contributed by atoms with E-state index in [1.165, 1.54) is 12.1 Å². The second kappa shape index (κ2) is 18.4. The van der Waals surface area contributed by atoms with E-state index in [9.17, 15) is 29.1 Å². The van der Waals surface area contributed by atoms with Crippen LogP contribution in [0, 0.1) is 0 Å². The van der Waals surface area contributed by atoms with Crippen molar-refractivity contribution in [1.29, 1.82) is 0 Å². The van der Waals surface area contributed by atoms with Crippen LogP contribution in [0.25, 0.3) is 10.8 Å². The number of fused-ring (bicyclic) bond motifs is 1. The van der Waals surface area contributed by atoms with E-state index in [-0.39, 0.29) is 35.8 Å². The quantitative estimate of drug-likeness (QED) is 0.0963. The maximum atomic E-state index is 13.9. The van der Waals surface area contributed by atoms with Crippen molar-refractivity contribution in [2.45, 2.75) is 98.1 Å². The van der Waals surface area contributed by atoms with Gasteiger partial charge in [-0.25, -0.2) is 24.0 Å². The molecule has 4 aromatic rings. The zero-order chi connectivity index (χ0) is 43.0. The number of amides is 4. The molecule has 0 aliphatic heterocycles. The summed E-state index contributed by atoms with van der Waals surface area (Å²) in [4.78, 5) is 70.0. The highest BCUT2D eigenvalue weighted by molar-refractivity contribution is 6.31. The van der Waals surface area contributed by atoms with Gasteiger partial charge in [-0.2, -0.15) is 0 Å². The van der Waals surface area contributed by atoms with Gasteiger partial charge >= 0.3 is 30.3 Å². The van der Waals surface area contributed by atoms with Crippen LogP contribution in [0.4, 0.5) is 30.6 Å². The fourth-order valence-electron chi connectivity index (χ4n) is 5.43. The molecule has 3 aromatic carbocycles. The number of pyridine rings is 1. The van der Waals surface area contributed by atoms with Gasteiger partial charge < -0.3 is 29.4 Å². The Labute approximate surface area is 342 Å². The number of carbonyl (C=O) groups excluding carboxylic acids is 4. The Morgan fingerprint density at radius 2 is 1.43 bits per heavy atom. The Morgan fingerprint density at radius 3 is 2.03 bits per heavy atom. The van der Waals surface area contributed by atoms with Crippen LogP contribution in [0.2, 0.25) is 5.02 Å². The molecule has 16 heteroatoms. The van der Waals surface area contributed by atoms with Crippen molar-refractivity contribution >= 4 is 64.1 Å². The Morgan fingerprint density at radius 1 is 0.776 bits per heavy atom. The van der Waals surface area contributed by atoms with Crippen LogP contribution in [-0.2, 0) is 36.7 Å². The largest absolute Gasteiger partial charge is 0.479 e. The van der Waals surface area contributed by atoms with Crippen LogP contribution in [-0.4, -0.2) is 68.9 Å². The van der Waals surface area contributed by atoms with Gasteiger partial charge in [0.1, 0.15) is 16.8 Å². The Hall–Kier alpha value is -6.09. The first kappa shape index (κ1) is 44.6. The number of halogens is 1. The molecule has 1 atom stereocenters. The Balaban J connectivity index is 1.58. The molecule has 0 spiro atoms. The number of carboxylic acid groups (broad SMARTS) is 1. The molecule has 4 rings (SSSR count). The highest BCUT2D eigenvalue weighted by Crippen LogP contribution is 2.35. The first-order valence-electron chi connectivity index (χ1n) is 18.4. The Bertz CT molecular complexity index is 2110. The van der Waals surface area contributed by atoms with E-state index in [1.807, 2.05) is 0 Å². The van der Waals surface area contributed by atoms with Crippen LogP contribution >= 0.6 is 11.6 Å². The fourth-order valence-corrected chi connectivity index (χ4v) is 5.72. The third-order valence-electron chi connectivity index (χ3n) is 7.72. The van der Waals surface area contributed by atoms with Crippen molar-refractivity contribution in [1.82, 2.24) is 15.3 Å². The maximum absolute atomic E-state index is 13.9. The molecule has 15 nitrogen and oxygen atoms in total. The number of anilines is 2. The molecule has 3 N–H and O–H groups in total. The van der Waals surface area contributed by atoms with Crippen molar-refractivity contribution in [2.24, 2.45) is 0 Å². The molecule has 0 saturated heterocycles. The predicted molar refractivity (Wildman–Crippen MR) is 219 cm³/mol. The van der Waals surface area contributed by atoms with E-state index < -0.39 is 53.2 Å². The number of hydrogen-bond acceptors (Lipinski definition) is 11. The second-order valence-electron chi connectivity index (χ2n) is 16.2. The molecule has 1 heterocycles. The van der Waals surface area contributed by atoms with Gasteiger partial charge in [-0.15, -0.1) is 5.01 Å². The minimum absolute atomic E-state index is 0.0870. The van der Waals surface area contributed by atoms with Crippen molar-refractivity contribution in [2.75, 3.05) is 16.9 Å². The zero-order valence-electron chi connectivity index (χ0n) is 34.0. The van der Waals surface area contributed by atoms with Crippen LogP contribution in [0.5, 0.6) is 0 Å². The lowest BCUT2D eigenvalue weighted by atomic mass is 10.0. The highest BCUT2D eigenvalue weighted by Gasteiger charge is 2.43. The number of aliphatic carboxylic acids is 1. The van der Waals surface area contributed by atoms with E-state index in [0.29, 0.717) is 27.2 Å². The minimum Gasteiger partial charge on any atom is -0.479 e. The molecule has 4 amide bonds. The summed E-state index contributed by atoms with van der Waals surface area (Å²) in [7, 11) is 0. The lowest BCUT2D eigenvalue weighted by Gasteiger charge is -2.39. The molecule has 0 bridgehead atoms. The van der Waals surface area contributed by atoms with Gasteiger partial charge in [0.05, 0.1) is 12.3 Å². The molecule has 0 radical (unpaired) electrons. The van der Waals surface area contributed by atoms with Gasteiger partial charge in [-0.05, 0) is 121 Å². The number of rotatable bonds is 11. The number of aromatic nitrogens is 1. The molecule has 58 heavy (non-hydrogen) atoms. The van der Waals surface area contributed by atoms with Gasteiger partial charge in [0.2, 0.25) is 0 Å². The molecule has 0 saturated carbocycles. The summed E-state index contributed by atoms with van der Waals surface area (Å²) in [6, 6.07) is 16.1. The number of hydrazine groups is 1. The monoisotopic (exact) mass is 819 g/mol. The van der Waals surface area contributed by atoms with Gasteiger partial charge in [0.25, 0.3) is 0 Å². The van der Waals surface area contributed by atoms with Crippen molar-refractivity contribution in [3.8, 4) is 0 Å². The number of carboxylic acids is 1. The number of hydrogen-bond donors (Lipinski definition) is 3. The molecule has 310 valence electrons. The second-order valence-corrected chi connectivity index (χ2v) is 16.6. The standard InChI is InChI=1S/C42H50ClN5O10/c1-40(2,3)56-36(51)45-24-26-11-10-12-31(21-26)46-37(52)55-20-18-27-13-14-29(23-33(27)43)34(35(49)50)47(32-16-15-30-25-44-19-17-28(30)22-32)48(38(53)57-41(4,5)6)39(54)58-42(7,8)9/h10-17,19,21-23,25,34H,18,20,24H2,1-9H3,(H,45,51)(H,46,52)(H,49,50). The summed E-state index contributed by atoms with van der Waals surface area (Å²) in [5.74, 6) is -1.43. The van der Waals surface area contributed by atoms with Crippen molar-refractivity contribution < 1.29 is 48.0 Å². The number of nitrogens with zero attached hydrogens (tertiary/aromatic N) is 3. The number of carbonyl (C=O) groups is 5. The van der Waals surface area contributed by atoms with E-state index in [0.717, 1.165) is 10.4 Å². The fraction of sp³-hybridized carbons (Fsp3) is 0.381. The van der Waals surface area contributed by atoms with Crippen LogP contribution in [0.1, 0.15) is 85.0 Å². The number of imide groups is 1. The first-order chi connectivity index (χ1) is 27.0. The van der Waals surface area contributed by atoms with Gasteiger partial charge in [0.15, 0.2) is 6.04 Å². The maximum Gasteiger partial charge on any atom is 0.439 e. The topological polar surface area (TPSA) is 186 Å². The number of benzene rings is 3. The molecule has 1 aromatic heterocycles. The lowest BCUT2D eigenvalue weighted by Crippen LogP contribution is -2.56. The summed E-state index contributed by atoms with van der Waals surface area (Å²) >= 11 is 6.73. The zero-order valence-corrected chi connectivity index (χ0v) is 34.8. The lowest BCUT2D eigenvalue weighted by molar-refractivity contribution is -0.139. The van der Waals surface area contributed by atoms with Crippen LogP contribution in [0.3, 0.4) is 0 Å². The molecular formula is C42H50ClN5O10. The average Bonchev–Trinajstić information content (AvgIpc) is 3.09. The molecule has 0 fully saturated rings. The van der Waals surface area contributed by atoms with E-state index in [4.69, 9.17) is 30.5 Å². The van der Waals surface area contributed by atoms with Crippen LogP contribution < -0.4 is 15.6 Å². The SMILES string of the molecule is CC(C)(C)OC(=O)NCc1cccc(NC(=O)OCCc2ccc(C(C(=O)O)N(c3ccc4cnccc4c3)N(C(=O)OC(C)(C)C)C(=O)OC(C)(C)C)cc2Cl)c1. The summed E-state index contributed by atoms with van der Waals surface area (Å²) in [5, 5.41) is 19.2. The summed E-state index contributed by atoms with van der Waals surface area (Å²) < 4.78 is 21.9. The summed E-state index contributed by atoms with van der Waals surface area (Å²) in [6.45, 7) is 15.0. The smallest absolute Gasteiger partial charge is 0.439 e. The van der Waals surface area contributed by atoms with Gasteiger partial charge in [0, 0.05) is 41.5 Å². The van der Waals surface area contributed by atoms with E-state index in [2.05, 4.69) is 15.6 Å². The third-order valence-corrected chi connectivity index (χ3v) is 8.07. The highest BCUT2D eigenvalue weighted by atomic mass is 35.5. The van der Waals surface area contributed by atoms with Gasteiger partial charge in [-0.1, -0.05) is 41.9 Å². The van der Waals surface area contributed by atoms with E-state index >= 15 is 0 Å². The molecule has 0 aliphatic rings. The summed E-state index contributed by atoms with van der Waals surface area (Å²) in [5.41, 5.74) is -0.867. The normalized spacial score (nSPS) is 12.2. The number of nitrogens with one attached hydrogen (secondary N) is 2. The number of alkyl carbamates (subject to hydrolysis) is 1. The molecule has 1 unspecified atom stereocenters. The van der Waals surface area contributed by atoms with Crippen molar-refractivity contribution in [3.05, 3.63) is 101 Å². The predicted octanol–water partition coefficient (Wildman–Crippen LogP) is 9.42. The van der Waals surface area contributed by atoms with Gasteiger partial charge in [-0.3, -0.25) is 15.3 Å². The van der Waals surface area contributed by atoms with Crippen LogP contribution in [0.15, 0.2) is 79.1 Å². The first-order valence-corrected chi connectivity index (χ1v) is 18.8. The summed E-state index contributed by atoms with van der Waals surface area (Å²) in [6.07, 6.45) is -0.315. The molecule has 0 aliphatic carbocycles. The van der Waals surface area contributed by atoms with Crippen molar-refractivity contribution in [3.63, 3.8) is 0 Å². The third kappa shape index (κ3) is 13.3. The van der Waals surface area contributed by atoms with E-state index in [1.54, 1.807) is 129 Å². The average molecular weight is 820 g/mol. The Kier molecular flexibility index (Phi) is 14.2. The minimum atomic E-state index is -1.72.